The number of benzene rings is 1. The highest BCUT2D eigenvalue weighted by atomic mass is 16.5. The Morgan fingerprint density at radius 3 is 1.96 bits per heavy atom. The average molecular weight is 333 g/mol. The van der Waals surface area contributed by atoms with E-state index < -0.39 is 0 Å². The Kier molecular flexibility index (Phi) is 12.2. The largest absolute Gasteiger partial charge is 0.462 e. The number of hydrogen-bond donors (Lipinski definition) is 0. The van der Waals surface area contributed by atoms with E-state index in [2.05, 4.69) is 19.1 Å². The van der Waals surface area contributed by atoms with Crippen LogP contribution in [-0.2, 0) is 16.0 Å². The fraction of sp³-hybridized carbons (Fsp3) is 0.682. The zero-order chi connectivity index (χ0) is 17.5. The van der Waals surface area contributed by atoms with Crippen molar-refractivity contribution in [1.82, 2.24) is 0 Å². The molecule has 2 nitrogen and oxygen atoms in total. The molecule has 0 heterocycles. The van der Waals surface area contributed by atoms with Crippen LogP contribution in [0.1, 0.15) is 90.0 Å². The fourth-order valence-corrected chi connectivity index (χ4v) is 3.17. The molecule has 1 unspecified atom stereocenters. The van der Waals surface area contributed by atoms with Crippen LogP contribution >= 0.6 is 0 Å². The van der Waals surface area contributed by atoms with Crippen LogP contribution in [0.3, 0.4) is 0 Å². The van der Waals surface area contributed by atoms with Crippen LogP contribution < -0.4 is 0 Å². The zero-order valence-corrected chi connectivity index (χ0v) is 15.8. The first-order chi connectivity index (χ1) is 11.7. The van der Waals surface area contributed by atoms with Gasteiger partial charge < -0.3 is 4.74 Å². The van der Waals surface area contributed by atoms with E-state index in [1.807, 2.05) is 18.2 Å². The van der Waals surface area contributed by atoms with Crippen LogP contribution in [0.4, 0.5) is 0 Å². The summed E-state index contributed by atoms with van der Waals surface area (Å²) in [4.78, 5) is 11.3. The first kappa shape index (κ1) is 20.7. The minimum Gasteiger partial charge on any atom is -0.462 e. The summed E-state index contributed by atoms with van der Waals surface area (Å²) in [6, 6.07) is 10.3. The van der Waals surface area contributed by atoms with E-state index in [9.17, 15) is 4.79 Å². The average Bonchev–Trinajstić information content (AvgIpc) is 2.57. The number of rotatable bonds is 14. The molecule has 0 aliphatic rings. The van der Waals surface area contributed by atoms with Gasteiger partial charge in [0.25, 0.3) is 0 Å². The molecule has 0 bridgehead atoms. The van der Waals surface area contributed by atoms with E-state index in [0.717, 1.165) is 19.3 Å². The summed E-state index contributed by atoms with van der Waals surface area (Å²) in [6.45, 7) is 3.78. The van der Waals surface area contributed by atoms with E-state index in [1.54, 1.807) is 0 Å². The van der Waals surface area contributed by atoms with Gasteiger partial charge in [0, 0.05) is 13.3 Å². The van der Waals surface area contributed by atoms with E-state index in [0.29, 0.717) is 0 Å². The molecule has 0 aliphatic heterocycles. The molecule has 0 radical (unpaired) electrons. The van der Waals surface area contributed by atoms with Crippen molar-refractivity contribution < 1.29 is 9.53 Å². The summed E-state index contributed by atoms with van der Waals surface area (Å²) in [5.41, 5.74) is 1.25. The van der Waals surface area contributed by atoms with E-state index in [1.165, 1.54) is 70.3 Å². The lowest BCUT2D eigenvalue weighted by atomic mass is 10.0. The zero-order valence-electron chi connectivity index (χ0n) is 15.8. The molecule has 1 atom stereocenters. The van der Waals surface area contributed by atoms with Gasteiger partial charge in [0.15, 0.2) is 0 Å². The summed E-state index contributed by atoms with van der Waals surface area (Å²) in [6.07, 6.45) is 15.2. The van der Waals surface area contributed by atoms with Crippen molar-refractivity contribution in [3.63, 3.8) is 0 Å². The molecule has 0 saturated carbocycles. The lowest BCUT2D eigenvalue weighted by molar-refractivity contribution is -0.146. The van der Waals surface area contributed by atoms with Gasteiger partial charge in [-0.1, -0.05) is 95.0 Å². The second-order valence-electron chi connectivity index (χ2n) is 6.89. The van der Waals surface area contributed by atoms with Crippen LogP contribution in [0.15, 0.2) is 30.3 Å². The molecular weight excluding hydrogens is 296 g/mol. The molecule has 2 heteroatoms. The molecule has 0 N–H and O–H groups in total. The molecule has 1 rings (SSSR count). The molecule has 24 heavy (non-hydrogen) atoms. The topological polar surface area (TPSA) is 26.3 Å². The Bertz CT molecular complexity index is 413. The monoisotopic (exact) mass is 332 g/mol. The highest BCUT2D eigenvalue weighted by Gasteiger charge is 2.12. The Morgan fingerprint density at radius 2 is 1.42 bits per heavy atom. The third-order valence-electron chi connectivity index (χ3n) is 4.52. The Balaban J connectivity index is 2.11. The normalized spacial score (nSPS) is 12.1. The minimum atomic E-state index is -0.164. The number of hydrogen-bond acceptors (Lipinski definition) is 2. The molecule has 0 amide bonds. The smallest absolute Gasteiger partial charge is 0.302 e. The van der Waals surface area contributed by atoms with Crippen molar-refractivity contribution in [2.45, 2.75) is 97.0 Å². The molecule has 0 fully saturated rings. The van der Waals surface area contributed by atoms with Crippen molar-refractivity contribution in [2.75, 3.05) is 0 Å². The van der Waals surface area contributed by atoms with Gasteiger partial charge >= 0.3 is 5.97 Å². The third kappa shape index (κ3) is 11.3. The van der Waals surface area contributed by atoms with Crippen molar-refractivity contribution in [1.29, 1.82) is 0 Å². The first-order valence-corrected chi connectivity index (χ1v) is 9.93. The van der Waals surface area contributed by atoms with Crippen LogP contribution in [0.25, 0.3) is 0 Å². The van der Waals surface area contributed by atoms with E-state index >= 15 is 0 Å². The van der Waals surface area contributed by atoms with Crippen LogP contribution in [0.5, 0.6) is 0 Å². The Hall–Kier alpha value is -1.31. The minimum absolute atomic E-state index is 0.0268. The highest BCUT2D eigenvalue weighted by molar-refractivity contribution is 5.66. The Morgan fingerprint density at radius 1 is 0.875 bits per heavy atom. The number of ether oxygens (including phenoxy) is 1. The van der Waals surface area contributed by atoms with Gasteiger partial charge in [0.05, 0.1) is 0 Å². The van der Waals surface area contributed by atoms with Crippen LogP contribution in [-0.4, -0.2) is 12.1 Å². The molecule has 1 aromatic carbocycles. The molecule has 1 aromatic rings. The second-order valence-corrected chi connectivity index (χ2v) is 6.89. The van der Waals surface area contributed by atoms with E-state index in [-0.39, 0.29) is 12.1 Å². The molecule has 0 aromatic heterocycles. The first-order valence-electron chi connectivity index (χ1n) is 9.93. The molecule has 0 spiro atoms. The van der Waals surface area contributed by atoms with Crippen molar-refractivity contribution >= 4 is 5.97 Å². The second kappa shape index (κ2) is 14.1. The number of esters is 1. The molecule has 136 valence electrons. The van der Waals surface area contributed by atoms with Gasteiger partial charge in [-0.2, -0.15) is 0 Å². The van der Waals surface area contributed by atoms with Gasteiger partial charge in [0.1, 0.15) is 6.10 Å². The van der Waals surface area contributed by atoms with Crippen molar-refractivity contribution in [2.24, 2.45) is 0 Å². The van der Waals surface area contributed by atoms with Gasteiger partial charge in [-0.3, -0.25) is 4.79 Å². The maximum Gasteiger partial charge on any atom is 0.302 e. The maximum atomic E-state index is 11.3. The number of carbonyl (C=O) groups excluding carboxylic acids is 1. The number of unbranched alkanes of at least 4 members (excludes halogenated alkanes) is 9. The lowest BCUT2D eigenvalue weighted by Crippen LogP contribution is -2.19. The van der Waals surface area contributed by atoms with Gasteiger partial charge in [-0.15, -0.1) is 0 Å². The predicted octanol–water partition coefficient (Wildman–Crippen LogP) is 6.47. The van der Waals surface area contributed by atoms with Crippen molar-refractivity contribution in [3.8, 4) is 0 Å². The Labute approximate surface area is 149 Å². The quantitative estimate of drug-likeness (QED) is 0.288. The molecule has 0 aliphatic carbocycles. The fourth-order valence-electron chi connectivity index (χ4n) is 3.17. The SMILES string of the molecule is CCCCCCCCCCCCC(Cc1ccccc1)OC(C)=O. The van der Waals surface area contributed by atoms with Gasteiger partial charge in [-0.25, -0.2) is 0 Å². The summed E-state index contributed by atoms with van der Waals surface area (Å²) < 4.78 is 5.50. The molecule has 0 saturated heterocycles. The van der Waals surface area contributed by atoms with Crippen LogP contribution in [0.2, 0.25) is 0 Å². The van der Waals surface area contributed by atoms with Crippen molar-refractivity contribution in [3.05, 3.63) is 35.9 Å². The van der Waals surface area contributed by atoms with Crippen LogP contribution in [0, 0.1) is 0 Å². The summed E-state index contributed by atoms with van der Waals surface area (Å²) in [7, 11) is 0. The highest BCUT2D eigenvalue weighted by Crippen LogP contribution is 2.15. The third-order valence-corrected chi connectivity index (χ3v) is 4.52. The predicted molar refractivity (Wildman–Crippen MR) is 102 cm³/mol. The van der Waals surface area contributed by atoms with Gasteiger partial charge in [0.2, 0.25) is 0 Å². The maximum absolute atomic E-state index is 11.3. The van der Waals surface area contributed by atoms with Gasteiger partial charge in [-0.05, 0) is 18.4 Å². The van der Waals surface area contributed by atoms with E-state index in [4.69, 9.17) is 4.74 Å². The summed E-state index contributed by atoms with van der Waals surface area (Å²) >= 11 is 0. The molecular formula is C22H36O2. The lowest BCUT2D eigenvalue weighted by Gasteiger charge is -2.17. The summed E-state index contributed by atoms with van der Waals surface area (Å²) in [5.74, 6) is -0.164. The number of carbonyl (C=O) groups is 1. The standard InChI is InChI=1S/C22H36O2/c1-3-4-5-6-7-8-9-10-11-15-18-22(24-20(2)23)19-21-16-13-12-14-17-21/h12-14,16-17,22H,3-11,15,18-19H2,1-2H3. The summed E-state index contributed by atoms with van der Waals surface area (Å²) in [5, 5.41) is 0.